The fraction of sp³-hybridized carbons (Fsp3) is 1.00. The fourth-order valence-electron chi connectivity index (χ4n) is 2.08. The van der Waals surface area contributed by atoms with E-state index >= 15 is 0 Å². The number of fused-ring (bicyclic) bond motifs is 1. The molecule has 2 aliphatic carbocycles. The van der Waals surface area contributed by atoms with Crippen molar-refractivity contribution in [1.29, 1.82) is 0 Å². The second kappa shape index (κ2) is 2.46. The van der Waals surface area contributed by atoms with E-state index in [0.717, 1.165) is 26.1 Å². The highest BCUT2D eigenvalue weighted by Gasteiger charge is 2.56. The zero-order valence-corrected chi connectivity index (χ0v) is 8.09. The van der Waals surface area contributed by atoms with Crippen LogP contribution in [-0.2, 0) is 14.8 Å². The Kier molecular flexibility index (Phi) is 1.55. The monoisotopic (exact) mass is 203 g/mol. The van der Waals surface area contributed by atoms with Crippen molar-refractivity contribution in [1.82, 2.24) is 4.72 Å². The first-order chi connectivity index (χ1) is 6.18. The minimum atomic E-state index is -2.97. The van der Waals surface area contributed by atoms with Gasteiger partial charge >= 0.3 is 0 Å². The lowest BCUT2D eigenvalue weighted by Crippen LogP contribution is -2.32. The largest absolute Gasteiger partial charge is 0.381 e. The molecule has 0 aromatic carbocycles. The highest BCUT2D eigenvalue weighted by molar-refractivity contribution is 7.90. The molecule has 0 radical (unpaired) electrons. The van der Waals surface area contributed by atoms with Crippen LogP contribution in [-0.4, -0.2) is 32.9 Å². The summed E-state index contributed by atoms with van der Waals surface area (Å²) in [6.45, 7) is 1.48. The zero-order chi connectivity index (χ0) is 9.05. The highest BCUT2D eigenvalue weighted by Crippen LogP contribution is 2.45. The minimum absolute atomic E-state index is 0.0882. The molecular formula is C8H13NO3S. The van der Waals surface area contributed by atoms with E-state index in [1.807, 2.05) is 0 Å². The summed E-state index contributed by atoms with van der Waals surface area (Å²) in [4.78, 5) is 0. The molecule has 5 heteroatoms. The van der Waals surface area contributed by atoms with Crippen LogP contribution in [0.4, 0.5) is 0 Å². The molecule has 0 aromatic rings. The molecule has 0 aromatic heterocycles. The molecule has 1 heterocycles. The maximum absolute atomic E-state index is 11.5. The molecule has 3 fully saturated rings. The average molecular weight is 203 g/mol. The summed E-state index contributed by atoms with van der Waals surface area (Å²) in [6.07, 6.45) is 1.68. The SMILES string of the molecule is O=S(=O)(NC1[C@H]2COC[C@H]12)C1CC1. The molecule has 0 unspecified atom stereocenters. The van der Waals surface area contributed by atoms with E-state index in [-0.39, 0.29) is 11.3 Å². The summed E-state index contributed by atoms with van der Waals surface area (Å²) in [5, 5.41) is -0.0882. The predicted octanol–water partition coefficient (Wildman–Crippen LogP) is -0.287. The van der Waals surface area contributed by atoms with Crippen molar-refractivity contribution in [2.75, 3.05) is 13.2 Å². The van der Waals surface area contributed by atoms with Crippen LogP contribution in [0.2, 0.25) is 0 Å². The Morgan fingerprint density at radius 2 is 1.77 bits per heavy atom. The Hall–Kier alpha value is -0.130. The summed E-state index contributed by atoms with van der Waals surface area (Å²) in [5.41, 5.74) is 0. The fourth-order valence-corrected chi connectivity index (χ4v) is 3.76. The van der Waals surface area contributed by atoms with Crippen LogP contribution in [0.5, 0.6) is 0 Å². The highest BCUT2D eigenvalue weighted by atomic mass is 32.2. The van der Waals surface area contributed by atoms with Gasteiger partial charge in [-0.3, -0.25) is 0 Å². The van der Waals surface area contributed by atoms with Gasteiger partial charge in [-0.15, -0.1) is 0 Å². The number of nitrogens with one attached hydrogen (secondary N) is 1. The number of sulfonamides is 1. The van der Waals surface area contributed by atoms with Crippen LogP contribution in [0, 0.1) is 11.8 Å². The van der Waals surface area contributed by atoms with Gasteiger partial charge in [-0.25, -0.2) is 13.1 Å². The maximum atomic E-state index is 11.5. The first-order valence-corrected chi connectivity index (χ1v) is 6.32. The van der Waals surface area contributed by atoms with Crippen LogP contribution in [0.1, 0.15) is 12.8 Å². The summed E-state index contributed by atoms with van der Waals surface area (Å²) in [7, 11) is -2.97. The van der Waals surface area contributed by atoms with Gasteiger partial charge in [0.15, 0.2) is 0 Å². The zero-order valence-electron chi connectivity index (χ0n) is 7.27. The Balaban J connectivity index is 1.64. The van der Waals surface area contributed by atoms with Gasteiger partial charge in [0.2, 0.25) is 10.0 Å². The maximum Gasteiger partial charge on any atom is 0.214 e. The van der Waals surface area contributed by atoms with Crippen molar-refractivity contribution in [2.45, 2.75) is 24.1 Å². The molecule has 3 rings (SSSR count). The van der Waals surface area contributed by atoms with Crippen molar-refractivity contribution in [2.24, 2.45) is 11.8 Å². The van der Waals surface area contributed by atoms with E-state index in [0.29, 0.717) is 11.8 Å². The smallest absolute Gasteiger partial charge is 0.214 e. The van der Waals surface area contributed by atoms with Crippen LogP contribution in [0.25, 0.3) is 0 Å². The van der Waals surface area contributed by atoms with Gasteiger partial charge in [0.1, 0.15) is 0 Å². The van der Waals surface area contributed by atoms with Crippen LogP contribution >= 0.6 is 0 Å². The van der Waals surface area contributed by atoms with Crippen LogP contribution < -0.4 is 4.72 Å². The minimum Gasteiger partial charge on any atom is -0.381 e. The number of hydrogen-bond donors (Lipinski definition) is 1. The molecule has 0 bridgehead atoms. The molecule has 2 saturated carbocycles. The average Bonchev–Trinajstić information content (AvgIpc) is 2.94. The first kappa shape index (κ1) is 8.20. The van der Waals surface area contributed by atoms with E-state index in [1.165, 1.54) is 0 Å². The molecule has 1 saturated heterocycles. The molecule has 13 heavy (non-hydrogen) atoms. The van der Waals surface area contributed by atoms with Gasteiger partial charge in [0, 0.05) is 17.9 Å². The van der Waals surface area contributed by atoms with E-state index in [4.69, 9.17) is 4.74 Å². The Labute approximate surface area is 77.7 Å². The molecule has 1 aliphatic heterocycles. The second-order valence-corrected chi connectivity index (χ2v) is 6.25. The molecule has 0 amide bonds. The van der Waals surface area contributed by atoms with Crippen molar-refractivity contribution >= 4 is 10.0 Å². The standard InChI is InChI=1S/C8H13NO3S/c10-13(11,5-1-2-5)9-8-6-3-12-4-7(6)8/h5-9H,1-4H2/t6-,7-/m0/s1. The lowest BCUT2D eigenvalue weighted by Gasteiger charge is -2.06. The van der Waals surface area contributed by atoms with Gasteiger partial charge < -0.3 is 4.74 Å². The summed E-state index contributed by atoms with van der Waals surface area (Å²) in [6, 6.07) is 0.194. The third-order valence-corrected chi connectivity index (χ3v) is 5.17. The van der Waals surface area contributed by atoms with Gasteiger partial charge in [-0.2, -0.15) is 0 Å². The van der Waals surface area contributed by atoms with Gasteiger partial charge in [-0.1, -0.05) is 0 Å². The molecule has 3 aliphatic rings. The van der Waals surface area contributed by atoms with E-state index in [9.17, 15) is 8.42 Å². The number of hydrogen-bond acceptors (Lipinski definition) is 3. The molecule has 4 nitrogen and oxygen atoms in total. The second-order valence-electron chi connectivity index (χ2n) is 4.25. The van der Waals surface area contributed by atoms with Gasteiger partial charge in [0.25, 0.3) is 0 Å². The lowest BCUT2D eigenvalue weighted by molar-refractivity contribution is 0.159. The van der Waals surface area contributed by atoms with Crippen molar-refractivity contribution in [3.8, 4) is 0 Å². The number of ether oxygens (including phenoxy) is 1. The predicted molar refractivity (Wildman–Crippen MR) is 46.7 cm³/mol. The Bertz CT molecular complexity index is 312. The van der Waals surface area contributed by atoms with Crippen molar-refractivity contribution in [3.63, 3.8) is 0 Å². The Morgan fingerprint density at radius 1 is 1.15 bits per heavy atom. The van der Waals surface area contributed by atoms with E-state index in [1.54, 1.807) is 0 Å². The Morgan fingerprint density at radius 3 is 2.31 bits per heavy atom. The van der Waals surface area contributed by atoms with Crippen molar-refractivity contribution in [3.05, 3.63) is 0 Å². The summed E-state index contributed by atoms with van der Waals surface area (Å²) >= 11 is 0. The molecule has 2 atom stereocenters. The van der Waals surface area contributed by atoms with Crippen LogP contribution in [0.3, 0.4) is 0 Å². The summed E-state index contributed by atoms with van der Waals surface area (Å²) < 4.78 is 31.0. The van der Waals surface area contributed by atoms with E-state index < -0.39 is 10.0 Å². The third-order valence-electron chi connectivity index (χ3n) is 3.22. The lowest BCUT2D eigenvalue weighted by atomic mass is 10.4. The molecule has 1 N–H and O–H groups in total. The van der Waals surface area contributed by atoms with Crippen LogP contribution in [0.15, 0.2) is 0 Å². The quantitative estimate of drug-likeness (QED) is 0.686. The molecule has 74 valence electrons. The third kappa shape index (κ3) is 1.30. The van der Waals surface area contributed by atoms with Gasteiger partial charge in [0.05, 0.1) is 18.5 Å². The molecule has 0 spiro atoms. The first-order valence-electron chi connectivity index (χ1n) is 4.77. The summed E-state index contributed by atoms with van der Waals surface area (Å²) in [5.74, 6) is 0.932. The van der Waals surface area contributed by atoms with E-state index in [2.05, 4.69) is 4.72 Å². The van der Waals surface area contributed by atoms with Crippen molar-refractivity contribution < 1.29 is 13.2 Å². The molecular weight excluding hydrogens is 190 g/mol. The normalized spacial score (nSPS) is 43.2. The number of rotatable bonds is 3. The topological polar surface area (TPSA) is 55.4 Å². The van der Waals surface area contributed by atoms with Gasteiger partial charge in [-0.05, 0) is 12.8 Å².